The van der Waals surface area contributed by atoms with Gasteiger partial charge in [0.2, 0.25) is 0 Å². The Morgan fingerprint density at radius 1 is 0.872 bits per heavy atom. The van der Waals surface area contributed by atoms with Crippen LogP contribution in [0.1, 0.15) is 148 Å². The van der Waals surface area contributed by atoms with E-state index in [4.69, 9.17) is 9.84 Å². The van der Waals surface area contributed by atoms with Crippen LogP contribution in [0.3, 0.4) is 0 Å². The molecule has 0 saturated heterocycles. The van der Waals surface area contributed by atoms with Gasteiger partial charge in [-0.15, -0.1) is 0 Å². The zero-order valence-corrected chi connectivity index (χ0v) is 26.7. The van der Waals surface area contributed by atoms with Crippen molar-refractivity contribution in [1.82, 2.24) is 0 Å². The number of hydrogen-bond donors (Lipinski definition) is 1. The highest BCUT2D eigenvalue weighted by Gasteiger charge is 2.13. The number of carboxylic acid groups (broad SMARTS) is 1. The second-order valence-corrected chi connectivity index (χ2v) is 12.6. The second kappa shape index (κ2) is 21.0. The van der Waals surface area contributed by atoms with Gasteiger partial charge < -0.3 is 9.84 Å². The summed E-state index contributed by atoms with van der Waals surface area (Å²) in [5.74, 6) is 1.74. The highest BCUT2D eigenvalue weighted by molar-refractivity contribution is 5.69. The number of hydrogen-bond acceptors (Lipinski definition) is 2. The van der Waals surface area contributed by atoms with E-state index in [-0.39, 0.29) is 5.92 Å². The molecule has 0 amide bonds. The molecule has 0 radical (unpaired) electrons. The van der Waals surface area contributed by atoms with Gasteiger partial charge in [0, 0.05) is 0 Å². The molecule has 3 atom stereocenters. The Balaban J connectivity index is 2.31. The zero-order valence-electron chi connectivity index (χ0n) is 26.7. The lowest BCUT2D eigenvalue weighted by molar-refractivity contribution is -0.141. The summed E-state index contributed by atoms with van der Waals surface area (Å²) in [6.07, 6.45) is 21.6. The Labute approximate surface area is 242 Å². The Bertz CT molecular complexity index is 825. The average molecular weight is 543 g/mol. The number of rotatable bonds is 23. The minimum Gasteiger partial charge on any atom is -0.493 e. The van der Waals surface area contributed by atoms with Crippen molar-refractivity contribution >= 4 is 5.97 Å². The SMILES string of the molecule is CCCCCCCCOc1c(CCC(C)CCCC(C)CCC/C(C)=C/CCC(C)C(=O)O)ccc(C)c1C. The number of aliphatic carboxylic acids is 1. The Morgan fingerprint density at radius 3 is 2.21 bits per heavy atom. The van der Waals surface area contributed by atoms with Crippen molar-refractivity contribution in [2.75, 3.05) is 6.61 Å². The molecule has 224 valence electrons. The van der Waals surface area contributed by atoms with Gasteiger partial charge in [-0.3, -0.25) is 4.79 Å². The first-order chi connectivity index (χ1) is 18.6. The van der Waals surface area contributed by atoms with Crippen LogP contribution in [0.15, 0.2) is 23.8 Å². The van der Waals surface area contributed by atoms with Crippen LogP contribution >= 0.6 is 0 Å². The van der Waals surface area contributed by atoms with E-state index in [2.05, 4.69) is 59.8 Å². The molecule has 1 aromatic carbocycles. The van der Waals surface area contributed by atoms with Crippen molar-refractivity contribution in [3.8, 4) is 5.75 Å². The molecule has 0 spiro atoms. The predicted molar refractivity (Wildman–Crippen MR) is 169 cm³/mol. The number of ether oxygens (including phenoxy) is 1. The van der Waals surface area contributed by atoms with Gasteiger partial charge in [-0.05, 0) is 94.2 Å². The molecular formula is C36H62O3. The fraction of sp³-hybridized carbons (Fsp3) is 0.750. The first-order valence-electron chi connectivity index (χ1n) is 16.3. The number of benzene rings is 1. The molecule has 1 N–H and O–H groups in total. The van der Waals surface area contributed by atoms with Gasteiger partial charge >= 0.3 is 5.97 Å². The molecule has 0 saturated carbocycles. The van der Waals surface area contributed by atoms with Gasteiger partial charge in [-0.1, -0.05) is 109 Å². The zero-order chi connectivity index (χ0) is 29.0. The third kappa shape index (κ3) is 16.2. The van der Waals surface area contributed by atoms with Gasteiger partial charge in [0.15, 0.2) is 0 Å². The number of carbonyl (C=O) groups is 1. The smallest absolute Gasteiger partial charge is 0.306 e. The van der Waals surface area contributed by atoms with Crippen LogP contribution in [0.5, 0.6) is 5.75 Å². The molecule has 0 fully saturated rings. The lowest BCUT2D eigenvalue weighted by Crippen LogP contribution is -2.08. The molecule has 0 aliphatic carbocycles. The fourth-order valence-electron chi connectivity index (χ4n) is 5.34. The van der Waals surface area contributed by atoms with Gasteiger partial charge in [0.1, 0.15) is 5.75 Å². The molecule has 0 aliphatic heterocycles. The maximum absolute atomic E-state index is 10.9. The largest absolute Gasteiger partial charge is 0.493 e. The van der Waals surface area contributed by atoms with Crippen molar-refractivity contribution in [2.24, 2.45) is 17.8 Å². The van der Waals surface area contributed by atoms with Crippen LogP contribution < -0.4 is 4.74 Å². The maximum atomic E-state index is 10.9. The van der Waals surface area contributed by atoms with Gasteiger partial charge in [-0.25, -0.2) is 0 Å². The second-order valence-electron chi connectivity index (χ2n) is 12.6. The maximum Gasteiger partial charge on any atom is 0.306 e. The summed E-state index contributed by atoms with van der Waals surface area (Å²) in [6, 6.07) is 4.57. The summed E-state index contributed by atoms with van der Waals surface area (Å²) in [5, 5.41) is 9.00. The van der Waals surface area contributed by atoms with E-state index in [1.54, 1.807) is 6.92 Å². The highest BCUT2D eigenvalue weighted by atomic mass is 16.5. The molecule has 0 aliphatic rings. The Morgan fingerprint density at radius 2 is 1.51 bits per heavy atom. The summed E-state index contributed by atoms with van der Waals surface area (Å²) in [5.41, 5.74) is 5.46. The predicted octanol–water partition coefficient (Wildman–Crippen LogP) is 11.0. The number of aryl methyl sites for hydroxylation is 2. The lowest BCUT2D eigenvalue weighted by atomic mass is 9.91. The highest BCUT2D eigenvalue weighted by Crippen LogP contribution is 2.30. The van der Waals surface area contributed by atoms with Crippen molar-refractivity contribution in [3.05, 3.63) is 40.5 Å². The van der Waals surface area contributed by atoms with Crippen molar-refractivity contribution < 1.29 is 14.6 Å². The molecule has 3 heteroatoms. The minimum absolute atomic E-state index is 0.247. The number of allylic oxidation sites excluding steroid dienone is 2. The van der Waals surface area contributed by atoms with Crippen molar-refractivity contribution in [1.29, 1.82) is 0 Å². The minimum atomic E-state index is -0.688. The lowest BCUT2D eigenvalue weighted by Gasteiger charge is -2.18. The third-order valence-electron chi connectivity index (χ3n) is 8.58. The molecule has 1 aromatic rings. The molecule has 0 bridgehead atoms. The molecule has 1 rings (SSSR count). The summed E-state index contributed by atoms with van der Waals surface area (Å²) >= 11 is 0. The van der Waals surface area contributed by atoms with Crippen LogP contribution in [0.2, 0.25) is 0 Å². The van der Waals surface area contributed by atoms with E-state index >= 15 is 0 Å². The quantitative estimate of drug-likeness (QED) is 0.110. The van der Waals surface area contributed by atoms with E-state index < -0.39 is 5.97 Å². The first-order valence-corrected chi connectivity index (χ1v) is 16.3. The summed E-state index contributed by atoms with van der Waals surface area (Å²) in [6.45, 7) is 16.3. The van der Waals surface area contributed by atoms with Gasteiger partial charge in [-0.2, -0.15) is 0 Å². The fourth-order valence-corrected chi connectivity index (χ4v) is 5.34. The molecule has 0 heterocycles. The topological polar surface area (TPSA) is 46.5 Å². The van der Waals surface area contributed by atoms with Crippen LogP contribution in [0.4, 0.5) is 0 Å². The summed E-state index contributed by atoms with van der Waals surface area (Å²) in [4.78, 5) is 10.9. The van der Waals surface area contributed by atoms with Crippen LogP contribution in [-0.2, 0) is 11.2 Å². The van der Waals surface area contributed by atoms with Crippen molar-refractivity contribution in [3.63, 3.8) is 0 Å². The normalized spacial score (nSPS) is 14.3. The van der Waals surface area contributed by atoms with Crippen LogP contribution in [0.25, 0.3) is 0 Å². The van der Waals surface area contributed by atoms with Gasteiger partial charge in [0.25, 0.3) is 0 Å². The van der Waals surface area contributed by atoms with E-state index in [9.17, 15) is 4.79 Å². The number of unbranched alkanes of at least 4 members (excludes halogenated alkanes) is 5. The van der Waals surface area contributed by atoms with E-state index in [0.717, 1.165) is 56.3 Å². The third-order valence-corrected chi connectivity index (χ3v) is 8.58. The monoisotopic (exact) mass is 542 g/mol. The van der Waals surface area contributed by atoms with Crippen LogP contribution in [0, 0.1) is 31.6 Å². The van der Waals surface area contributed by atoms with E-state index in [0.29, 0.717) is 0 Å². The van der Waals surface area contributed by atoms with Crippen molar-refractivity contribution in [2.45, 2.75) is 151 Å². The van der Waals surface area contributed by atoms with E-state index in [1.165, 1.54) is 92.9 Å². The summed E-state index contributed by atoms with van der Waals surface area (Å²) in [7, 11) is 0. The molecule has 39 heavy (non-hydrogen) atoms. The van der Waals surface area contributed by atoms with E-state index in [1.807, 2.05) is 0 Å². The summed E-state index contributed by atoms with van der Waals surface area (Å²) < 4.78 is 6.37. The average Bonchev–Trinajstić information content (AvgIpc) is 2.89. The molecule has 3 unspecified atom stereocenters. The van der Waals surface area contributed by atoms with Crippen LogP contribution in [-0.4, -0.2) is 17.7 Å². The molecule has 3 nitrogen and oxygen atoms in total. The standard InChI is InChI=1S/C36H62O3/c1-8-9-10-11-12-13-27-39-35-33(7)31(5)24-26-34(35)25-23-30(4)20-15-19-28(2)17-14-18-29(3)21-16-22-32(6)36(37)38/h21,24,26,28,30,32H,8-20,22-23,25,27H2,1-7H3,(H,37,38)/b29-21+. The number of carboxylic acids is 1. The molecular weight excluding hydrogens is 480 g/mol. The Kier molecular flexibility index (Phi) is 19.0. The van der Waals surface area contributed by atoms with Gasteiger partial charge in [0.05, 0.1) is 12.5 Å². The Hall–Kier alpha value is -1.77. The first kappa shape index (κ1) is 35.3. The molecule has 0 aromatic heterocycles.